The monoisotopic (exact) mass is 281 g/mol. The molecule has 20 heavy (non-hydrogen) atoms. The molecule has 0 fully saturated rings. The number of methoxy groups -OCH3 is 1. The highest BCUT2D eigenvalue weighted by Gasteiger charge is 2.25. The average Bonchev–Trinajstić information content (AvgIpc) is 2.34. The standard InChI is InChI=1S/C15H20FNO3/c1-6-7-8-12(19-5)14(16)11(10-17)9-13(18)20-15(2,3)4/h6-8,11H,1,9H2,2-5H3/b8-7-,14-12+. The fourth-order valence-electron chi connectivity index (χ4n) is 1.31. The molecule has 0 aromatic carbocycles. The maximum Gasteiger partial charge on any atom is 0.308 e. The number of nitriles is 1. The van der Waals surface area contributed by atoms with E-state index in [0.29, 0.717) is 0 Å². The molecule has 0 radical (unpaired) electrons. The number of hydrogen-bond donors (Lipinski definition) is 0. The normalized spacial score (nSPS) is 14.2. The zero-order chi connectivity index (χ0) is 15.8. The predicted molar refractivity (Wildman–Crippen MR) is 74.0 cm³/mol. The fraction of sp³-hybridized carbons (Fsp3) is 0.467. The molecule has 0 aliphatic heterocycles. The maximum absolute atomic E-state index is 14.1. The molecule has 0 heterocycles. The second-order valence-corrected chi connectivity index (χ2v) is 4.98. The van der Waals surface area contributed by atoms with Crippen molar-refractivity contribution in [2.45, 2.75) is 32.8 Å². The van der Waals surface area contributed by atoms with Crippen molar-refractivity contribution in [1.29, 1.82) is 5.26 Å². The van der Waals surface area contributed by atoms with Crippen molar-refractivity contribution in [3.05, 3.63) is 36.4 Å². The molecular formula is C15H20FNO3. The van der Waals surface area contributed by atoms with E-state index in [-0.39, 0.29) is 12.2 Å². The van der Waals surface area contributed by atoms with Crippen molar-refractivity contribution >= 4 is 5.97 Å². The molecular weight excluding hydrogens is 261 g/mol. The van der Waals surface area contributed by atoms with E-state index in [1.165, 1.54) is 25.3 Å². The van der Waals surface area contributed by atoms with Crippen molar-refractivity contribution in [3.8, 4) is 6.07 Å². The second kappa shape index (κ2) is 8.16. The first-order valence-electron chi connectivity index (χ1n) is 6.09. The quantitative estimate of drug-likeness (QED) is 0.425. The van der Waals surface area contributed by atoms with Crippen LogP contribution in [-0.4, -0.2) is 18.7 Å². The zero-order valence-corrected chi connectivity index (χ0v) is 12.3. The lowest BCUT2D eigenvalue weighted by atomic mass is 10.0. The number of allylic oxidation sites excluding steroid dienone is 4. The third-order valence-electron chi connectivity index (χ3n) is 2.09. The third-order valence-corrected chi connectivity index (χ3v) is 2.09. The Hall–Kier alpha value is -2.09. The number of ether oxygens (including phenoxy) is 2. The second-order valence-electron chi connectivity index (χ2n) is 4.98. The van der Waals surface area contributed by atoms with E-state index in [9.17, 15) is 9.18 Å². The Kier molecular flexibility index (Phi) is 7.30. The van der Waals surface area contributed by atoms with Crippen LogP contribution in [0.4, 0.5) is 4.39 Å². The molecule has 1 atom stereocenters. The maximum atomic E-state index is 14.1. The summed E-state index contributed by atoms with van der Waals surface area (Å²) in [6, 6.07) is 1.74. The Morgan fingerprint density at radius 1 is 1.50 bits per heavy atom. The van der Waals surface area contributed by atoms with Crippen molar-refractivity contribution in [3.63, 3.8) is 0 Å². The first kappa shape index (κ1) is 17.9. The Labute approximate surface area is 119 Å². The molecule has 0 aliphatic rings. The molecule has 0 N–H and O–H groups in total. The van der Waals surface area contributed by atoms with E-state index in [2.05, 4.69) is 6.58 Å². The van der Waals surface area contributed by atoms with E-state index < -0.39 is 23.3 Å². The molecule has 5 heteroatoms. The minimum atomic E-state index is -1.24. The number of rotatable bonds is 6. The summed E-state index contributed by atoms with van der Waals surface area (Å²) >= 11 is 0. The molecule has 0 saturated heterocycles. The van der Waals surface area contributed by atoms with Gasteiger partial charge < -0.3 is 9.47 Å². The number of carbonyl (C=O) groups is 1. The van der Waals surface area contributed by atoms with Gasteiger partial charge in [-0.05, 0) is 26.8 Å². The lowest BCUT2D eigenvalue weighted by Gasteiger charge is -2.20. The van der Waals surface area contributed by atoms with Gasteiger partial charge >= 0.3 is 5.97 Å². The predicted octanol–water partition coefficient (Wildman–Crippen LogP) is 3.43. The highest BCUT2D eigenvalue weighted by molar-refractivity contribution is 5.71. The third kappa shape index (κ3) is 6.74. The SMILES string of the molecule is C=C/C=C\C(OC)=C(/F)C(C#N)CC(=O)OC(C)(C)C. The first-order chi connectivity index (χ1) is 9.25. The van der Waals surface area contributed by atoms with Crippen molar-refractivity contribution in [2.24, 2.45) is 5.92 Å². The smallest absolute Gasteiger partial charge is 0.308 e. The van der Waals surface area contributed by atoms with Crippen LogP contribution in [-0.2, 0) is 14.3 Å². The van der Waals surface area contributed by atoms with Crippen molar-refractivity contribution in [2.75, 3.05) is 7.11 Å². The summed E-state index contributed by atoms with van der Waals surface area (Å²) in [4.78, 5) is 11.6. The van der Waals surface area contributed by atoms with Gasteiger partial charge in [-0.1, -0.05) is 18.7 Å². The number of carbonyl (C=O) groups excluding carboxylic acids is 1. The van der Waals surface area contributed by atoms with Gasteiger partial charge in [0.05, 0.1) is 19.6 Å². The number of esters is 1. The molecule has 1 unspecified atom stereocenters. The van der Waals surface area contributed by atoms with Crippen LogP contribution in [0.2, 0.25) is 0 Å². The summed E-state index contributed by atoms with van der Waals surface area (Å²) in [5.74, 6) is -2.80. The average molecular weight is 281 g/mol. The summed E-state index contributed by atoms with van der Waals surface area (Å²) in [6.07, 6.45) is 3.89. The topological polar surface area (TPSA) is 59.3 Å². The Balaban J connectivity index is 5.04. The largest absolute Gasteiger partial charge is 0.494 e. The Bertz CT molecular complexity index is 453. The van der Waals surface area contributed by atoms with Crippen molar-refractivity contribution in [1.82, 2.24) is 0 Å². The molecule has 0 amide bonds. The molecule has 0 aliphatic carbocycles. The molecule has 0 spiro atoms. The van der Waals surface area contributed by atoms with Gasteiger partial charge in [0.1, 0.15) is 11.5 Å². The van der Waals surface area contributed by atoms with Crippen LogP contribution in [0.15, 0.2) is 36.4 Å². The van der Waals surface area contributed by atoms with Crippen LogP contribution < -0.4 is 0 Å². The summed E-state index contributed by atoms with van der Waals surface area (Å²) in [7, 11) is 1.28. The summed E-state index contributed by atoms with van der Waals surface area (Å²) in [5, 5.41) is 8.98. The lowest BCUT2D eigenvalue weighted by molar-refractivity contribution is -0.155. The highest BCUT2D eigenvalue weighted by atomic mass is 19.1. The molecule has 0 saturated carbocycles. The first-order valence-corrected chi connectivity index (χ1v) is 6.09. The number of halogens is 1. The van der Waals surface area contributed by atoms with Gasteiger partial charge in [-0.15, -0.1) is 0 Å². The minimum absolute atomic E-state index is 0.111. The van der Waals surface area contributed by atoms with Gasteiger partial charge in [0.25, 0.3) is 0 Å². The highest BCUT2D eigenvalue weighted by Crippen LogP contribution is 2.23. The van der Waals surface area contributed by atoms with Crippen LogP contribution in [0.1, 0.15) is 27.2 Å². The van der Waals surface area contributed by atoms with Crippen LogP contribution in [0.3, 0.4) is 0 Å². The summed E-state index contributed by atoms with van der Waals surface area (Å²) in [6.45, 7) is 8.55. The van der Waals surface area contributed by atoms with E-state index in [1.54, 1.807) is 26.8 Å². The van der Waals surface area contributed by atoms with Gasteiger partial charge in [-0.2, -0.15) is 5.26 Å². The van der Waals surface area contributed by atoms with Gasteiger partial charge in [-0.3, -0.25) is 4.79 Å². The summed E-state index contributed by atoms with van der Waals surface area (Å²) < 4.78 is 24.0. The van der Waals surface area contributed by atoms with E-state index in [1.807, 2.05) is 0 Å². The number of hydrogen-bond acceptors (Lipinski definition) is 4. The molecule has 0 aromatic rings. The van der Waals surface area contributed by atoms with E-state index >= 15 is 0 Å². The Morgan fingerprint density at radius 2 is 2.10 bits per heavy atom. The minimum Gasteiger partial charge on any atom is -0.494 e. The van der Waals surface area contributed by atoms with Gasteiger partial charge in [0, 0.05) is 0 Å². The Morgan fingerprint density at radius 3 is 2.50 bits per heavy atom. The molecule has 0 bridgehead atoms. The summed E-state index contributed by atoms with van der Waals surface area (Å²) in [5.41, 5.74) is -0.676. The molecule has 0 aromatic heterocycles. The van der Waals surface area contributed by atoms with Crippen LogP contribution >= 0.6 is 0 Å². The number of nitrogens with zero attached hydrogens (tertiary/aromatic N) is 1. The fourth-order valence-corrected chi connectivity index (χ4v) is 1.31. The van der Waals surface area contributed by atoms with Gasteiger partial charge in [0.15, 0.2) is 11.6 Å². The zero-order valence-electron chi connectivity index (χ0n) is 12.3. The van der Waals surface area contributed by atoms with Gasteiger partial charge in [0.2, 0.25) is 0 Å². The molecule has 0 rings (SSSR count). The van der Waals surface area contributed by atoms with E-state index in [0.717, 1.165) is 0 Å². The lowest BCUT2D eigenvalue weighted by Crippen LogP contribution is -2.25. The van der Waals surface area contributed by atoms with Crippen LogP contribution in [0.25, 0.3) is 0 Å². The van der Waals surface area contributed by atoms with E-state index in [4.69, 9.17) is 14.7 Å². The van der Waals surface area contributed by atoms with Crippen LogP contribution in [0.5, 0.6) is 0 Å². The van der Waals surface area contributed by atoms with Gasteiger partial charge in [-0.25, -0.2) is 4.39 Å². The van der Waals surface area contributed by atoms with Crippen LogP contribution in [0, 0.1) is 17.2 Å². The molecule has 4 nitrogen and oxygen atoms in total. The van der Waals surface area contributed by atoms with Crippen molar-refractivity contribution < 1.29 is 18.7 Å². The molecule has 110 valence electrons.